The second-order valence-corrected chi connectivity index (χ2v) is 2.84. The molecule has 3 heteroatoms. The molecule has 1 atom stereocenters. The van der Waals surface area contributed by atoms with Gasteiger partial charge >= 0.3 is 0 Å². The highest BCUT2D eigenvalue weighted by Crippen LogP contribution is 2.06. The van der Waals surface area contributed by atoms with Crippen molar-refractivity contribution in [3.05, 3.63) is 0 Å². The van der Waals surface area contributed by atoms with E-state index >= 15 is 0 Å². The number of nitriles is 1. The Bertz CT molecular complexity index is 129. The number of nitrogens with zero attached hydrogens (tertiary/aromatic N) is 1. The Kier molecular flexibility index (Phi) is 5.81. The summed E-state index contributed by atoms with van der Waals surface area (Å²) in [5.74, 6) is 0.457. The zero-order valence-electron chi connectivity index (χ0n) is 7.08. The van der Waals surface area contributed by atoms with Gasteiger partial charge < -0.3 is 9.84 Å². The average Bonchev–Trinajstić information content (AvgIpc) is 1.97. The number of ether oxygens (including phenoxy) is 1. The highest BCUT2D eigenvalue weighted by Gasteiger charge is 2.08. The summed E-state index contributed by atoms with van der Waals surface area (Å²) in [6.07, 6.45) is 0.374. The molecule has 0 aromatic carbocycles. The Morgan fingerprint density at radius 1 is 1.55 bits per heavy atom. The molecule has 0 fully saturated rings. The number of aliphatic hydroxyl groups is 1. The van der Waals surface area contributed by atoms with Gasteiger partial charge in [0.05, 0.1) is 19.3 Å². The van der Waals surface area contributed by atoms with Crippen LogP contribution < -0.4 is 0 Å². The highest BCUT2D eigenvalue weighted by atomic mass is 16.5. The zero-order valence-corrected chi connectivity index (χ0v) is 7.08. The van der Waals surface area contributed by atoms with Gasteiger partial charge in [-0.05, 0) is 12.3 Å². The summed E-state index contributed by atoms with van der Waals surface area (Å²) >= 11 is 0. The van der Waals surface area contributed by atoms with E-state index in [1.54, 1.807) is 0 Å². The molecule has 1 N–H and O–H groups in total. The number of rotatable bonds is 5. The molecule has 0 saturated heterocycles. The van der Waals surface area contributed by atoms with Crippen LogP contribution in [0.25, 0.3) is 0 Å². The number of aliphatic hydroxyl groups excluding tert-OH is 1. The van der Waals surface area contributed by atoms with Crippen LogP contribution in [0, 0.1) is 17.2 Å². The van der Waals surface area contributed by atoms with Crippen LogP contribution >= 0.6 is 0 Å². The normalized spacial score (nSPS) is 13.0. The van der Waals surface area contributed by atoms with Gasteiger partial charge in [-0.3, -0.25) is 0 Å². The molecule has 0 bridgehead atoms. The van der Waals surface area contributed by atoms with Crippen molar-refractivity contribution in [3.8, 4) is 6.07 Å². The summed E-state index contributed by atoms with van der Waals surface area (Å²) in [7, 11) is 0. The van der Waals surface area contributed by atoms with Crippen LogP contribution in [0.4, 0.5) is 0 Å². The second-order valence-electron chi connectivity index (χ2n) is 2.84. The molecular weight excluding hydrogens is 142 g/mol. The van der Waals surface area contributed by atoms with Gasteiger partial charge in [0.2, 0.25) is 0 Å². The largest absolute Gasteiger partial charge is 0.394 e. The van der Waals surface area contributed by atoms with E-state index in [9.17, 15) is 0 Å². The minimum Gasteiger partial charge on any atom is -0.394 e. The SMILES string of the molecule is CC(C)CC(C#N)OCCO. The average molecular weight is 157 g/mol. The first-order valence-corrected chi connectivity index (χ1v) is 3.82. The molecule has 0 heterocycles. The lowest BCUT2D eigenvalue weighted by molar-refractivity contribution is 0.0480. The van der Waals surface area contributed by atoms with Crippen molar-refractivity contribution in [2.24, 2.45) is 5.92 Å². The van der Waals surface area contributed by atoms with Crippen molar-refractivity contribution in [2.75, 3.05) is 13.2 Å². The molecule has 0 aliphatic heterocycles. The minimum atomic E-state index is -0.359. The van der Waals surface area contributed by atoms with E-state index in [1.165, 1.54) is 0 Å². The molecule has 0 radical (unpaired) electrons. The first kappa shape index (κ1) is 10.4. The molecule has 64 valence electrons. The Labute approximate surface area is 67.6 Å². The first-order valence-electron chi connectivity index (χ1n) is 3.82. The van der Waals surface area contributed by atoms with Gasteiger partial charge in [0, 0.05) is 0 Å². The third-order valence-electron chi connectivity index (χ3n) is 1.24. The first-order chi connectivity index (χ1) is 5.20. The molecule has 0 aliphatic carbocycles. The molecule has 0 saturated carbocycles. The zero-order chi connectivity index (χ0) is 8.69. The molecule has 0 amide bonds. The van der Waals surface area contributed by atoms with Crippen molar-refractivity contribution >= 4 is 0 Å². The second kappa shape index (κ2) is 6.14. The Hall–Kier alpha value is -0.590. The lowest BCUT2D eigenvalue weighted by Gasteiger charge is -2.11. The number of hydrogen-bond donors (Lipinski definition) is 1. The van der Waals surface area contributed by atoms with Crippen molar-refractivity contribution < 1.29 is 9.84 Å². The topological polar surface area (TPSA) is 53.2 Å². The van der Waals surface area contributed by atoms with Crippen LogP contribution in [0.5, 0.6) is 0 Å². The summed E-state index contributed by atoms with van der Waals surface area (Å²) in [6, 6.07) is 2.03. The molecule has 0 aromatic rings. The van der Waals surface area contributed by atoms with E-state index in [2.05, 4.69) is 0 Å². The predicted molar refractivity (Wildman–Crippen MR) is 41.9 cm³/mol. The monoisotopic (exact) mass is 157 g/mol. The van der Waals surface area contributed by atoms with E-state index < -0.39 is 0 Å². The molecule has 3 nitrogen and oxygen atoms in total. The maximum Gasteiger partial charge on any atom is 0.144 e. The van der Waals surface area contributed by atoms with E-state index in [-0.39, 0.29) is 19.3 Å². The fourth-order valence-corrected chi connectivity index (χ4v) is 0.781. The lowest BCUT2D eigenvalue weighted by atomic mass is 10.1. The lowest BCUT2D eigenvalue weighted by Crippen LogP contribution is -2.15. The predicted octanol–water partition coefficient (Wildman–Crippen LogP) is 0.934. The summed E-state index contributed by atoms with van der Waals surface area (Å²) in [4.78, 5) is 0. The van der Waals surface area contributed by atoms with Gasteiger partial charge in [-0.15, -0.1) is 0 Å². The van der Waals surface area contributed by atoms with Crippen molar-refractivity contribution in [3.63, 3.8) is 0 Å². The van der Waals surface area contributed by atoms with Gasteiger partial charge in [-0.25, -0.2) is 0 Å². The van der Waals surface area contributed by atoms with E-state index in [0.29, 0.717) is 5.92 Å². The van der Waals surface area contributed by atoms with Crippen molar-refractivity contribution in [1.29, 1.82) is 5.26 Å². The Morgan fingerprint density at radius 3 is 2.55 bits per heavy atom. The van der Waals surface area contributed by atoms with Crippen LogP contribution in [-0.2, 0) is 4.74 Å². The maximum atomic E-state index is 8.54. The third kappa shape index (κ3) is 5.84. The smallest absolute Gasteiger partial charge is 0.144 e. The highest BCUT2D eigenvalue weighted by molar-refractivity contribution is 4.84. The van der Waals surface area contributed by atoms with Crippen LogP contribution in [-0.4, -0.2) is 24.4 Å². The van der Waals surface area contributed by atoms with E-state index in [0.717, 1.165) is 6.42 Å². The fraction of sp³-hybridized carbons (Fsp3) is 0.875. The summed E-state index contributed by atoms with van der Waals surface area (Å²) < 4.78 is 5.04. The summed E-state index contributed by atoms with van der Waals surface area (Å²) in [5, 5.41) is 17.0. The van der Waals surface area contributed by atoms with Gasteiger partial charge in [0.15, 0.2) is 0 Å². The standard InChI is InChI=1S/C8H15NO2/c1-7(2)5-8(6-9)11-4-3-10/h7-8,10H,3-5H2,1-2H3. The summed E-state index contributed by atoms with van der Waals surface area (Å²) in [6.45, 7) is 4.31. The van der Waals surface area contributed by atoms with Gasteiger partial charge in [-0.1, -0.05) is 13.8 Å². The van der Waals surface area contributed by atoms with Crippen LogP contribution in [0.3, 0.4) is 0 Å². The van der Waals surface area contributed by atoms with Crippen molar-refractivity contribution in [2.45, 2.75) is 26.4 Å². The maximum absolute atomic E-state index is 8.54. The van der Waals surface area contributed by atoms with Gasteiger partial charge in [0.1, 0.15) is 6.10 Å². The molecule has 1 unspecified atom stereocenters. The molecule has 0 aromatic heterocycles. The molecule has 0 spiro atoms. The van der Waals surface area contributed by atoms with Gasteiger partial charge in [-0.2, -0.15) is 5.26 Å². The Balaban J connectivity index is 3.52. The number of hydrogen-bond acceptors (Lipinski definition) is 3. The van der Waals surface area contributed by atoms with Crippen LogP contribution in [0.2, 0.25) is 0 Å². The Morgan fingerprint density at radius 2 is 2.18 bits per heavy atom. The van der Waals surface area contributed by atoms with E-state index in [4.69, 9.17) is 15.1 Å². The van der Waals surface area contributed by atoms with Crippen molar-refractivity contribution in [1.82, 2.24) is 0 Å². The van der Waals surface area contributed by atoms with Crippen LogP contribution in [0.15, 0.2) is 0 Å². The summed E-state index contributed by atoms with van der Waals surface area (Å²) in [5.41, 5.74) is 0. The van der Waals surface area contributed by atoms with Gasteiger partial charge in [0.25, 0.3) is 0 Å². The third-order valence-corrected chi connectivity index (χ3v) is 1.24. The minimum absolute atomic E-state index is 0.0176. The van der Waals surface area contributed by atoms with E-state index in [1.807, 2.05) is 19.9 Å². The molecule has 0 rings (SSSR count). The quantitative estimate of drug-likeness (QED) is 0.646. The molecule has 11 heavy (non-hydrogen) atoms. The van der Waals surface area contributed by atoms with Crippen LogP contribution in [0.1, 0.15) is 20.3 Å². The molecule has 0 aliphatic rings. The fourth-order valence-electron chi connectivity index (χ4n) is 0.781. The molecular formula is C8H15NO2.